The van der Waals surface area contributed by atoms with Crippen molar-refractivity contribution in [1.82, 2.24) is 0 Å². The van der Waals surface area contributed by atoms with Crippen LogP contribution < -0.4 is 4.74 Å². The summed E-state index contributed by atoms with van der Waals surface area (Å²) < 4.78 is 82.9. The maximum atomic E-state index is 13.7. The van der Waals surface area contributed by atoms with Gasteiger partial charge in [-0.05, 0) is 30.7 Å². The second-order valence-electron chi connectivity index (χ2n) is 4.70. The van der Waals surface area contributed by atoms with Crippen molar-refractivity contribution < 1.29 is 36.0 Å². The number of aryl methyl sites for hydroxylation is 1. The van der Waals surface area contributed by atoms with E-state index < -0.39 is 51.3 Å². The quantitative estimate of drug-likeness (QED) is 0.438. The molecule has 0 atom stereocenters. The lowest BCUT2D eigenvalue weighted by Gasteiger charge is -2.12. The summed E-state index contributed by atoms with van der Waals surface area (Å²) in [5.74, 6) is -6.35. The van der Waals surface area contributed by atoms with Gasteiger partial charge in [0.2, 0.25) is 5.75 Å². The maximum absolute atomic E-state index is 13.7. The molecule has 0 saturated carbocycles. The van der Waals surface area contributed by atoms with E-state index in [9.17, 15) is 36.5 Å². The van der Waals surface area contributed by atoms with Gasteiger partial charge in [0.25, 0.3) is 0 Å². The topological polar surface area (TPSA) is 52.4 Å². The van der Waals surface area contributed by atoms with Crippen LogP contribution >= 0.6 is 0 Å². The third kappa shape index (κ3) is 3.42. The number of nitro benzene ring substituents is 1. The van der Waals surface area contributed by atoms with E-state index in [1.165, 1.54) is 6.92 Å². The van der Waals surface area contributed by atoms with Crippen LogP contribution in [-0.4, -0.2) is 4.92 Å². The summed E-state index contributed by atoms with van der Waals surface area (Å²) in [5.41, 5.74) is -2.64. The van der Waals surface area contributed by atoms with E-state index in [0.29, 0.717) is 6.07 Å². The van der Waals surface area contributed by atoms with Crippen LogP contribution in [0.5, 0.6) is 11.5 Å². The van der Waals surface area contributed by atoms with Gasteiger partial charge in [0.15, 0.2) is 17.4 Å². The Morgan fingerprint density at radius 3 is 2.00 bits per heavy atom. The van der Waals surface area contributed by atoms with E-state index in [1.54, 1.807) is 0 Å². The Morgan fingerprint density at radius 1 is 1.00 bits per heavy atom. The van der Waals surface area contributed by atoms with Crippen LogP contribution in [0.4, 0.5) is 32.0 Å². The molecule has 0 aromatic heterocycles. The van der Waals surface area contributed by atoms with Crippen LogP contribution in [0.1, 0.15) is 11.1 Å². The first-order chi connectivity index (χ1) is 11.0. The number of nitro groups is 1. The molecule has 10 heteroatoms. The largest absolute Gasteiger partial charge is 0.444 e. The molecule has 0 amide bonds. The van der Waals surface area contributed by atoms with E-state index >= 15 is 0 Å². The Balaban J connectivity index is 2.53. The molecule has 24 heavy (non-hydrogen) atoms. The van der Waals surface area contributed by atoms with Gasteiger partial charge in [-0.3, -0.25) is 10.1 Å². The van der Waals surface area contributed by atoms with Crippen molar-refractivity contribution in [2.24, 2.45) is 0 Å². The summed E-state index contributed by atoms with van der Waals surface area (Å²) in [6.07, 6.45) is -4.99. The molecular formula is C14H7F6NO3. The molecule has 0 N–H and O–H groups in total. The first kappa shape index (κ1) is 17.6. The molecule has 0 heterocycles. The monoisotopic (exact) mass is 351 g/mol. The molecule has 0 unspecified atom stereocenters. The Bertz CT molecular complexity index is 796. The van der Waals surface area contributed by atoms with Crippen LogP contribution in [0.25, 0.3) is 0 Å². The molecule has 4 nitrogen and oxygen atoms in total. The number of ether oxygens (including phenoxy) is 1. The smallest absolute Gasteiger partial charge is 0.416 e. The average Bonchev–Trinajstić information content (AvgIpc) is 2.44. The van der Waals surface area contributed by atoms with Gasteiger partial charge >= 0.3 is 11.9 Å². The minimum absolute atomic E-state index is 0.0133. The van der Waals surface area contributed by atoms with E-state index in [2.05, 4.69) is 0 Å². The second kappa shape index (κ2) is 6.02. The molecule has 0 fully saturated rings. The predicted octanol–water partition coefficient (Wildman–Crippen LogP) is 5.13. The summed E-state index contributed by atoms with van der Waals surface area (Å²) >= 11 is 0. The van der Waals surface area contributed by atoms with Gasteiger partial charge in [0.05, 0.1) is 16.6 Å². The second-order valence-corrected chi connectivity index (χ2v) is 4.70. The van der Waals surface area contributed by atoms with Gasteiger partial charge in [0.1, 0.15) is 5.82 Å². The summed E-state index contributed by atoms with van der Waals surface area (Å²) in [4.78, 5) is 9.80. The standard InChI is InChI=1S/C14H7F6NO3/c1-6-2-12(11(21(22)23)5-8(6)15)24-13-9(16)3-7(4-10(13)17)14(18,19)20/h2-5H,1H3. The SMILES string of the molecule is Cc1cc(Oc2c(F)cc(C(F)(F)F)cc2F)c([N+](=O)[O-])cc1F. The fourth-order valence-electron chi connectivity index (χ4n) is 1.80. The molecule has 2 aromatic rings. The van der Waals surface area contributed by atoms with Crippen LogP contribution in [0, 0.1) is 34.5 Å². The van der Waals surface area contributed by atoms with Gasteiger partial charge in [-0.15, -0.1) is 0 Å². The van der Waals surface area contributed by atoms with Crippen LogP contribution in [0.15, 0.2) is 24.3 Å². The zero-order valence-corrected chi connectivity index (χ0v) is 11.7. The summed E-state index contributed by atoms with van der Waals surface area (Å²) in [6, 6.07) is 1.26. The van der Waals surface area contributed by atoms with Crippen molar-refractivity contribution in [2.75, 3.05) is 0 Å². The third-order valence-corrected chi connectivity index (χ3v) is 2.97. The highest BCUT2D eigenvalue weighted by Gasteiger charge is 2.33. The molecule has 0 aliphatic carbocycles. The Labute approximate surface area is 130 Å². The molecule has 2 rings (SSSR count). The molecule has 2 aromatic carbocycles. The van der Waals surface area contributed by atoms with E-state index in [-0.39, 0.29) is 17.7 Å². The Hall–Kier alpha value is -2.78. The summed E-state index contributed by atoms with van der Waals surface area (Å²) in [6.45, 7) is 1.21. The lowest BCUT2D eigenvalue weighted by atomic mass is 10.1. The molecule has 0 bridgehead atoms. The van der Waals surface area contributed by atoms with Crippen molar-refractivity contribution >= 4 is 5.69 Å². The molecule has 0 spiro atoms. The third-order valence-electron chi connectivity index (χ3n) is 2.97. The number of halogens is 6. The average molecular weight is 351 g/mol. The van der Waals surface area contributed by atoms with Crippen molar-refractivity contribution in [3.63, 3.8) is 0 Å². The summed E-state index contributed by atoms with van der Waals surface area (Å²) in [5, 5.41) is 10.9. The maximum Gasteiger partial charge on any atom is 0.416 e. The molecule has 0 aliphatic rings. The van der Waals surface area contributed by atoms with Gasteiger partial charge in [-0.1, -0.05) is 0 Å². The number of rotatable bonds is 3. The Kier molecular flexibility index (Phi) is 4.41. The zero-order valence-electron chi connectivity index (χ0n) is 11.7. The number of hydrogen-bond acceptors (Lipinski definition) is 3. The van der Waals surface area contributed by atoms with Gasteiger partial charge < -0.3 is 4.74 Å². The van der Waals surface area contributed by atoms with Gasteiger partial charge in [-0.25, -0.2) is 13.2 Å². The van der Waals surface area contributed by atoms with Crippen molar-refractivity contribution in [2.45, 2.75) is 13.1 Å². The van der Waals surface area contributed by atoms with Gasteiger partial charge in [-0.2, -0.15) is 13.2 Å². The van der Waals surface area contributed by atoms with E-state index in [0.717, 1.165) is 6.07 Å². The molecule has 128 valence electrons. The number of hydrogen-bond donors (Lipinski definition) is 0. The lowest BCUT2D eigenvalue weighted by molar-refractivity contribution is -0.385. The molecule has 0 saturated heterocycles. The highest BCUT2D eigenvalue weighted by atomic mass is 19.4. The molecular weight excluding hydrogens is 344 g/mol. The number of benzene rings is 2. The molecule has 0 aliphatic heterocycles. The minimum atomic E-state index is -4.99. The number of nitrogens with zero attached hydrogens (tertiary/aromatic N) is 1. The van der Waals surface area contributed by atoms with Crippen LogP contribution in [0.3, 0.4) is 0 Å². The highest BCUT2D eigenvalue weighted by Crippen LogP contribution is 2.38. The lowest BCUT2D eigenvalue weighted by Crippen LogP contribution is -2.07. The first-order valence-corrected chi connectivity index (χ1v) is 6.19. The molecule has 0 radical (unpaired) electrons. The van der Waals surface area contributed by atoms with E-state index in [1.807, 2.05) is 0 Å². The normalized spacial score (nSPS) is 11.5. The zero-order chi connectivity index (χ0) is 18.2. The fourth-order valence-corrected chi connectivity index (χ4v) is 1.80. The van der Waals surface area contributed by atoms with Crippen molar-refractivity contribution in [1.29, 1.82) is 0 Å². The predicted molar refractivity (Wildman–Crippen MR) is 69.2 cm³/mol. The summed E-state index contributed by atoms with van der Waals surface area (Å²) in [7, 11) is 0. The highest BCUT2D eigenvalue weighted by molar-refractivity contribution is 5.51. The minimum Gasteiger partial charge on any atom is -0.444 e. The van der Waals surface area contributed by atoms with E-state index in [4.69, 9.17) is 4.74 Å². The Morgan fingerprint density at radius 2 is 1.54 bits per heavy atom. The van der Waals surface area contributed by atoms with Crippen LogP contribution in [0.2, 0.25) is 0 Å². The van der Waals surface area contributed by atoms with Gasteiger partial charge in [0, 0.05) is 0 Å². The fraction of sp³-hybridized carbons (Fsp3) is 0.143. The van der Waals surface area contributed by atoms with Crippen LogP contribution in [-0.2, 0) is 6.18 Å². The first-order valence-electron chi connectivity index (χ1n) is 6.19. The van der Waals surface area contributed by atoms with Crippen molar-refractivity contribution in [3.05, 3.63) is 63.0 Å². The van der Waals surface area contributed by atoms with Crippen molar-refractivity contribution in [3.8, 4) is 11.5 Å². The number of alkyl halides is 3.